The lowest BCUT2D eigenvalue weighted by Gasteiger charge is -2.06. The molecule has 5 heteroatoms. The number of aromatic nitrogens is 3. The molecule has 0 spiro atoms. The molecule has 0 saturated carbocycles. The molecular weight excluding hydrogens is 336 g/mol. The number of amides is 1. The Hall–Kier alpha value is -3.47. The number of H-pyrrole nitrogens is 1. The van der Waals surface area contributed by atoms with Crippen LogP contribution in [0, 0.1) is 0 Å². The van der Waals surface area contributed by atoms with Gasteiger partial charge in [0.25, 0.3) is 0 Å². The van der Waals surface area contributed by atoms with E-state index >= 15 is 0 Å². The Balaban J connectivity index is 1.50. The number of para-hydroxylation sites is 1. The first-order chi connectivity index (χ1) is 13.3. The summed E-state index contributed by atoms with van der Waals surface area (Å²) in [5.41, 5.74) is 4.24. The van der Waals surface area contributed by atoms with Crippen molar-refractivity contribution in [2.75, 3.05) is 5.32 Å². The van der Waals surface area contributed by atoms with Gasteiger partial charge >= 0.3 is 0 Å². The summed E-state index contributed by atoms with van der Waals surface area (Å²) in [6.07, 6.45) is 5.45. The van der Waals surface area contributed by atoms with Gasteiger partial charge in [-0.2, -0.15) is 0 Å². The number of aromatic amines is 1. The molecule has 2 N–H and O–H groups in total. The van der Waals surface area contributed by atoms with Crippen LogP contribution in [-0.4, -0.2) is 20.9 Å². The van der Waals surface area contributed by atoms with E-state index in [9.17, 15) is 4.79 Å². The molecular formula is C22H20N4O. The fourth-order valence-electron chi connectivity index (χ4n) is 3.26. The van der Waals surface area contributed by atoms with E-state index in [0.717, 1.165) is 29.7 Å². The van der Waals surface area contributed by atoms with Crippen molar-refractivity contribution < 1.29 is 4.79 Å². The lowest BCUT2D eigenvalue weighted by molar-refractivity contribution is -0.116. The Morgan fingerprint density at radius 1 is 0.926 bits per heavy atom. The van der Waals surface area contributed by atoms with Gasteiger partial charge in [-0.05, 0) is 48.7 Å². The van der Waals surface area contributed by atoms with Crippen molar-refractivity contribution >= 4 is 22.6 Å². The second-order valence-electron chi connectivity index (χ2n) is 6.36. The average Bonchev–Trinajstić information content (AvgIpc) is 3.08. The Bertz CT molecular complexity index is 1040. The van der Waals surface area contributed by atoms with Gasteiger partial charge in [0.15, 0.2) is 0 Å². The number of hydrogen-bond donors (Lipinski definition) is 2. The Kier molecular flexibility index (Phi) is 4.92. The summed E-state index contributed by atoms with van der Waals surface area (Å²) < 4.78 is 0. The molecule has 0 atom stereocenters. The molecule has 0 aliphatic heterocycles. The summed E-state index contributed by atoms with van der Waals surface area (Å²) >= 11 is 0. The molecule has 0 fully saturated rings. The second kappa shape index (κ2) is 7.83. The summed E-state index contributed by atoms with van der Waals surface area (Å²) in [6.45, 7) is 0. The first-order valence-corrected chi connectivity index (χ1v) is 9.03. The van der Waals surface area contributed by atoms with Crippen molar-refractivity contribution in [2.45, 2.75) is 19.3 Å². The third kappa shape index (κ3) is 3.87. The maximum absolute atomic E-state index is 12.2. The van der Waals surface area contributed by atoms with Gasteiger partial charge in [-0.25, -0.2) is 4.98 Å². The van der Waals surface area contributed by atoms with Crippen LogP contribution in [0.3, 0.4) is 0 Å². The number of anilines is 1. The van der Waals surface area contributed by atoms with Gasteiger partial charge in [-0.3, -0.25) is 9.78 Å². The minimum absolute atomic E-state index is 0.0204. The van der Waals surface area contributed by atoms with Gasteiger partial charge in [0.05, 0.1) is 11.4 Å². The van der Waals surface area contributed by atoms with Gasteiger partial charge in [0, 0.05) is 29.7 Å². The molecule has 0 saturated heterocycles. The number of rotatable bonds is 6. The molecule has 3 aromatic heterocycles. The molecule has 5 nitrogen and oxygen atoms in total. The largest absolute Gasteiger partial charge is 0.353 e. The van der Waals surface area contributed by atoms with Crippen molar-refractivity contribution in [1.29, 1.82) is 0 Å². The van der Waals surface area contributed by atoms with Crippen LogP contribution in [0.2, 0.25) is 0 Å². The summed E-state index contributed by atoms with van der Waals surface area (Å²) in [6, 6.07) is 19.6. The van der Waals surface area contributed by atoms with Gasteiger partial charge in [0.1, 0.15) is 5.82 Å². The van der Waals surface area contributed by atoms with Crippen LogP contribution < -0.4 is 5.32 Å². The second-order valence-corrected chi connectivity index (χ2v) is 6.36. The topological polar surface area (TPSA) is 70.7 Å². The van der Waals surface area contributed by atoms with E-state index in [4.69, 9.17) is 0 Å². The third-order valence-electron chi connectivity index (χ3n) is 4.50. The molecule has 3 heterocycles. The first kappa shape index (κ1) is 17.0. The van der Waals surface area contributed by atoms with Crippen LogP contribution in [0.5, 0.6) is 0 Å². The maximum atomic E-state index is 12.2. The first-order valence-electron chi connectivity index (χ1n) is 9.03. The summed E-state index contributed by atoms with van der Waals surface area (Å²) in [4.78, 5) is 24.3. The van der Waals surface area contributed by atoms with Gasteiger partial charge in [0.2, 0.25) is 5.91 Å². The minimum Gasteiger partial charge on any atom is -0.353 e. The van der Waals surface area contributed by atoms with E-state index in [1.807, 2.05) is 42.5 Å². The van der Waals surface area contributed by atoms with E-state index < -0.39 is 0 Å². The van der Waals surface area contributed by atoms with Gasteiger partial charge in [-0.15, -0.1) is 0 Å². The number of carbonyl (C=O) groups is 1. The van der Waals surface area contributed by atoms with Crippen molar-refractivity contribution in [3.05, 3.63) is 78.6 Å². The lowest BCUT2D eigenvalue weighted by atomic mass is 10.0. The minimum atomic E-state index is -0.0204. The Morgan fingerprint density at radius 2 is 1.70 bits per heavy atom. The molecule has 0 aliphatic carbocycles. The Labute approximate surface area is 157 Å². The average molecular weight is 356 g/mol. The zero-order valence-electron chi connectivity index (χ0n) is 14.9. The fourth-order valence-corrected chi connectivity index (χ4v) is 3.26. The number of aryl methyl sites for hydroxylation is 1. The summed E-state index contributed by atoms with van der Waals surface area (Å²) in [5.74, 6) is 0.566. The molecule has 134 valence electrons. The number of carbonyl (C=O) groups excluding carboxylic acids is 1. The monoisotopic (exact) mass is 356 g/mol. The van der Waals surface area contributed by atoms with E-state index in [-0.39, 0.29) is 5.91 Å². The predicted molar refractivity (Wildman–Crippen MR) is 107 cm³/mol. The zero-order chi connectivity index (χ0) is 18.5. The maximum Gasteiger partial charge on any atom is 0.225 e. The molecule has 1 aromatic carbocycles. The molecule has 1 amide bonds. The molecule has 0 aliphatic rings. The SMILES string of the molecule is O=C(CCCc1c(-c2ccccn2)[nH]c2ccccc12)Nc1ccccn1. The standard InChI is InChI=1S/C22H20N4O/c27-21(26-20-12-4-6-15-24-20)13-7-9-17-16-8-1-2-10-18(16)25-22(17)19-11-3-5-14-23-19/h1-6,8,10-12,14-15,25H,7,9,13H2,(H,24,26,27). The summed E-state index contributed by atoms with van der Waals surface area (Å²) in [7, 11) is 0. The highest BCUT2D eigenvalue weighted by molar-refractivity contribution is 5.91. The van der Waals surface area contributed by atoms with Crippen molar-refractivity contribution in [3.8, 4) is 11.4 Å². The number of hydrogen-bond acceptors (Lipinski definition) is 3. The molecule has 0 unspecified atom stereocenters. The number of fused-ring (bicyclic) bond motifs is 1. The highest BCUT2D eigenvalue weighted by Gasteiger charge is 2.14. The van der Waals surface area contributed by atoms with Crippen LogP contribution in [0.15, 0.2) is 73.1 Å². The van der Waals surface area contributed by atoms with Crippen LogP contribution in [0.25, 0.3) is 22.3 Å². The quantitative estimate of drug-likeness (QED) is 0.531. The van der Waals surface area contributed by atoms with Crippen LogP contribution >= 0.6 is 0 Å². The number of nitrogens with zero attached hydrogens (tertiary/aromatic N) is 2. The van der Waals surface area contributed by atoms with Crippen LogP contribution in [0.4, 0.5) is 5.82 Å². The zero-order valence-corrected chi connectivity index (χ0v) is 14.9. The Morgan fingerprint density at radius 3 is 2.48 bits per heavy atom. The highest BCUT2D eigenvalue weighted by atomic mass is 16.1. The van der Waals surface area contributed by atoms with Gasteiger partial charge in [-0.1, -0.05) is 30.3 Å². The third-order valence-corrected chi connectivity index (χ3v) is 4.50. The van der Waals surface area contributed by atoms with Crippen molar-refractivity contribution in [2.24, 2.45) is 0 Å². The van der Waals surface area contributed by atoms with E-state index in [1.54, 1.807) is 18.5 Å². The molecule has 0 bridgehead atoms. The molecule has 0 radical (unpaired) electrons. The molecule has 4 aromatic rings. The van der Waals surface area contributed by atoms with Crippen LogP contribution in [-0.2, 0) is 11.2 Å². The summed E-state index contributed by atoms with van der Waals surface area (Å²) in [5, 5.41) is 4.02. The van der Waals surface area contributed by atoms with Crippen molar-refractivity contribution in [3.63, 3.8) is 0 Å². The normalized spacial score (nSPS) is 10.8. The molecule has 27 heavy (non-hydrogen) atoms. The van der Waals surface area contributed by atoms with E-state index in [1.165, 1.54) is 10.9 Å². The van der Waals surface area contributed by atoms with E-state index in [2.05, 4.69) is 32.4 Å². The number of nitrogens with one attached hydrogen (secondary N) is 2. The smallest absolute Gasteiger partial charge is 0.225 e. The highest BCUT2D eigenvalue weighted by Crippen LogP contribution is 2.30. The van der Waals surface area contributed by atoms with Gasteiger partial charge < -0.3 is 10.3 Å². The number of benzene rings is 1. The lowest BCUT2D eigenvalue weighted by Crippen LogP contribution is -2.12. The van der Waals surface area contributed by atoms with Crippen LogP contribution in [0.1, 0.15) is 18.4 Å². The fraction of sp³-hybridized carbons (Fsp3) is 0.136. The van der Waals surface area contributed by atoms with Crippen molar-refractivity contribution in [1.82, 2.24) is 15.0 Å². The predicted octanol–water partition coefficient (Wildman–Crippen LogP) is 4.59. The molecule has 4 rings (SSSR count). The van der Waals surface area contributed by atoms with E-state index in [0.29, 0.717) is 12.2 Å². The number of pyridine rings is 2.